The van der Waals surface area contributed by atoms with E-state index in [9.17, 15) is 25.2 Å². The van der Waals surface area contributed by atoms with Crippen LogP contribution in [0.3, 0.4) is 0 Å². The maximum absolute atomic E-state index is 12.6. The van der Waals surface area contributed by atoms with Gasteiger partial charge < -0.3 is 25.7 Å². The fourth-order valence-electron chi connectivity index (χ4n) is 9.03. The van der Waals surface area contributed by atoms with Gasteiger partial charge in [0, 0.05) is 0 Å². The van der Waals surface area contributed by atoms with Gasteiger partial charge in [0.2, 0.25) is 5.91 Å². The van der Waals surface area contributed by atoms with E-state index in [1.807, 2.05) is 0 Å². The van der Waals surface area contributed by atoms with E-state index in [-0.39, 0.29) is 0 Å². The number of rotatable bonds is 53. The van der Waals surface area contributed by atoms with Gasteiger partial charge in [-0.05, 0) is 64.2 Å². The first-order chi connectivity index (χ1) is 32.0. The van der Waals surface area contributed by atoms with Crippen LogP contribution in [0.2, 0.25) is 0 Å². The smallest absolute Gasteiger partial charge is 0.249 e. The second-order valence-corrected chi connectivity index (χ2v) is 20.0. The van der Waals surface area contributed by atoms with E-state index in [0.29, 0.717) is 19.3 Å². The minimum Gasteiger partial charge on any atom is -0.394 e. The highest BCUT2D eigenvalue weighted by atomic mass is 16.3. The summed E-state index contributed by atoms with van der Waals surface area (Å²) in [6, 6.07) is -1.01. The Balaban J connectivity index is 3.68. The molecule has 0 saturated heterocycles. The minimum atomic E-state index is -1.29. The van der Waals surface area contributed by atoms with Crippen molar-refractivity contribution in [3.05, 3.63) is 36.5 Å². The van der Waals surface area contributed by atoms with Crippen molar-refractivity contribution >= 4 is 5.91 Å². The summed E-state index contributed by atoms with van der Waals surface area (Å²) in [6.45, 7) is 4.07. The van der Waals surface area contributed by atoms with Gasteiger partial charge in [0.25, 0.3) is 0 Å². The number of aliphatic hydroxyl groups excluding tert-OH is 4. The average molecular weight is 917 g/mol. The molecule has 4 unspecified atom stereocenters. The average Bonchev–Trinajstić information content (AvgIpc) is 3.31. The van der Waals surface area contributed by atoms with Crippen molar-refractivity contribution in [1.82, 2.24) is 5.32 Å². The van der Waals surface area contributed by atoms with Gasteiger partial charge in [-0.25, -0.2) is 0 Å². The third-order valence-corrected chi connectivity index (χ3v) is 13.6. The molecule has 0 fully saturated rings. The number of nitrogens with one attached hydrogen (secondary N) is 1. The van der Waals surface area contributed by atoms with E-state index in [0.717, 1.165) is 51.4 Å². The Labute approximate surface area is 405 Å². The Morgan fingerprint density at radius 2 is 0.646 bits per heavy atom. The molecule has 0 bridgehead atoms. The van der Waals surface area contributed by atoms with Gasteiger partial charge in [-0.2, -0.15) is 0 Å². The lowest BCUT2D eigenvalue weighted by Gasteiger charge is -2.27. The standard InChI is InChI=1S/C59H113NO5/c1-3-5-7-9-11-13-15-17-19-21-23-25-27-29-31-33-35-37-39-41-43-45-47-49-51-53-57(63)59(65)60-55(54-61)58(64)56(62)52-50-48-46-44-42-40-38-36-34-32-30-28-26-24-22-20-18-16-14-12-10-8-6-4-2/h28,30,36,38,44,46,55-58,61-64H,3-27,29,31-35,37,39-43,45,47-54H2,1-2H3,(H,60,65)/b30-28+,38-36+,46-44+. The topological polar surface area (TPSA) is 110 Å². The zero-order chi connectivity index (χ0) is 47.4. The van der Waals surface area contributed by atoms with Crippen LogP contribution in [0.5, 0.6) is 0 Å². The van der Waals surface area contributed by atoms with Crippen LogP contribution in [0.25, 0.3) is 0 Å². The van der Waals surface area contributed by atoms with E-state index in [4.69, 9.17) is 0 Å². The van der Waals surface area contributed by atoms with E-state index in [1.54, 1.807) is 0 Å². The molecule has 0 heterocycles. The second kappa shape index (κ2) is 53.5. The Hall–Kier alpha value is -1.47. The highest BCUT2D eigenvalue weighted by molar-refractivity contribution is 5.80. The first kappa shape index (κ1) is 63.5. The van der Waals surface area contributed by atoms with Crippen LogP contribution >= 0.6 is 0 Å². The van der Waals surface area contributed by atoms with Crippen molar-refractivity contribution in [2.45, 2.75) is 327 Å². The quantitative estimate of drug-likeness (QED) is 0.0308. The van der Waals surface area contributed by atoms with Crippen molar-refractivity contribution in [3.8, 4) is 0 Å². The third-order valence-electron chi connectivity index (χ3n) is 13.6. The number of hydrogen-bond acceptors (Lipinski definition) is 5. The van der Waals surface area contributed by atoms with Crippen LogP contribution in [0, 0.1) is 0 Å². The molecule has 0 saturated carbocycles. The van der Waals surface area contributed by atoms with E-state index >= 15 is 0 Å². The molecule has 0 aliphatic heterocycles. The molecular formula is C59H113NO5. The van der Waals surface area contributed by atoms with Crippen LogP contribution in [-0.2, 0) is 4.79 Å². The molecule has 384 valence electrons. The molecule has 0 rings (SSSR count). The van der Waals surface area contributed by atoms with E-state index in [1.165, 1.54) is 218 Å². The van der Waals surface area contributed by atoms with Crippen molar-refractivity contribution < 1.29 is 25.2 Å². The molecule has 0 radical (unpaired) electrons. The lowest BCUT2D eigenvalue weighted by molar-refractivity contribution is -0.132. The summed E-state index contributed by atoms with van der Waals surface area (Å²) in [6.07, 6.45) is 66.5. The SMILES string of the molecule is CCCCCCCCCCCCC/C=C/CC/C=C/CC/C=C/CCCC(O)C(O)C(CO)NC(=O)C(O)CCCCCCCCCCCCCCCCCCCCCCCCCCC. The summed E-state index contributed by atoms with van der Waals surface area (Å²) >= 11 is 0. The minimum absolute atomic E-state index is 0.362. The van der Waals surface area contributed by atoms with Crippen molar-refractivity contribution in [2.24, 2.45) is 0 Å². The van der Waals surface area contributed by atoms with Crippen LogP contribution in [0.4, 0.5) is 0 Å². The van der Waals surface area contributed by atoms with Crippen molar-refractivity contribution in [2.75, 3.05) is 6.61 Å². The summed E-state index contributed by atoms with van der Waals surface area (Å²) in [5, 5.41) is 44.0. The summed E-state index contributed by atoms with van der Waals surface area (Å²) in [5.74, 6) is -0.595. The van der Waals surface area contributed by atoms with Crippen molar-refractivity contribution in [1.29, 1.82) is 0 Å². The number of carbonyl (C=O) groups is 1. The number of aliphatic hydroxyl groups is 4. The molecule has 0 aliphatic carbocycles. The van der Waals surface area contributed by atoms with Crippen LogP contribution in [0.1, 0.15) is 303 Å². The van der Waals surface area contributed by atoms with Crippen LogP contribution in [-0.4, -0.2) is 57.3 Å². The Kier molecular flexibility index (Phi) is 52.3. The van der Waals surface area contributed by atoms with Gasteiger partial charge in [0.05, 0.1) is 18.8 Å². The summed E-state index contributed by atoms with van der Waals surface area (Å²) in [4.78, 5) is 12.6. The van der Waals surface area contributed by atoms with Crippen LogP contribution < -0.4 is 5.32 Å². The van der Waals surface area contributed by atoms with Crippen LogP contribution in [0.15, 0.2) is 36.5 Å². The van der Waals surface area contributed by atoms with Crippen molar-refractivity contribution in [3.63, 3.8) is 0 Å². The van der Waals surface area contributed by atoms with E-state index in [2.05, 4.69) is 55.6 Å². The predicted molar refractivity (Wildman–Crippen MR) is 284 cm³/mol. The predicted octanol–water partition coefficient (Wildman–Crippen LogP) is 16.8. The summed E-state index contributed by atoms with van der Waals surface area (Å²) in [7, 11) is 0. The second-order valence-electron chi connectivity index (χ2n) is 20.0. The molecule has 5 N–H and O–H groups in total. The summed E-state index contributed by atoms with van der Waals surface area (Å²) in [5.41, 5.74) is 0. The maximum Gasteiger partial charge on any atom is 0.249 e. The zero-order valence-electron chi connectivity index (χ0n) is 43.5. The number of hydrogen-bond donors (Lipinski definition) is 5. The van der Waals surface area contributed by atoms with Gasteiger partial charge >= 0.3 is 0 Å². The fraction of sp³-hybridized carbons (Fsp3) is 0.881. The largest absolute Gasteiger partial charge is 0.394 e. The molecule has 65 heavy (non-hydrogen) atoms. The third kappa shape index (κ3) is 47.4. The highest BCUT2D eigenvalue weighted by Gasteiger charge is 2.28. The lowest BCUT2D eigenvalue weighted by atomic mass is 10.00. The van der Waals surface area contributed by atoms with Gasteiger partial charge in [-0.15, -0.1) is 0 Å². The first-order valence-electron chi connectivity index (χ1n) is 28.9. The molecule has 6 nitrogen and oxygen atoms in total. The highest BCUT2D eigenvalue weighted by Crippen LogP contribution is 2.18. The molecule has 0 aromatic rings. The zero-order valence-corrected chi connectivity index (χ0v) is 43.5. The number of carbonyl (C=O) groups excluding carboxylic acids is 1. The monoisotopic (exact) mass is 916 g/mol. The maximum atomic E-state index is 12.6. The Morgan fingerprint density at radius 3 is 0.969 bits per heavy atom. The fourth-order valence-corrected chi connectivity index (χ4v) is 9.03. The molecule has 0 spiro atoms. The van der Waals surface area contributed by atoms with E-state index < -0.39 is 36.9 Å². The Bertz CT molecular complexity index is 1030. The van der Waals surface area contributed by atoms with Gasteiger partial charge in [-0.3, -0.25) is 4.79 Å². The number of allylic oxidation sites excluding steroid dienone is 6. The molecule has 0 aromatic heterocycles. The van der Waals surface area contributed by atoms with Gasteiger partial charge in [-0.1, -0.05) is 275 Å². The number of unbranched alkanes of at least 4 members (excludes halogenated alkanes) is 38. The Morgan fingerprint density at radius 1 is 0.369 bits per heavy atom. The molecular weight excluding hydrogens is 803 g/mol. The molecule has 4 atom stereocenters. The normalized spacial score (nSPS) is 14.0. The summed E-state index contributed by atoms with van der Waals surface area (Å²) < 4.78 is 0. The molecule has 0 aromatic carbocycles. The molecule has 0 aliphatic rings. The molecule has 6 heteroatoms. The van der Waals surface area contributed by atoms with Gasteiger partial charge in [0.1, 0.15) is 12.2 Å². The van der Waals surface area contributed by atoms with Gasteiger partial charge in [0.15, 0.2) is 0 Å². The first-order valence-corrected chi connectivity index (χ1v) is 28.9. The lowest BCUT2D eigenvalue weighted by Crippen LogP contribution is -2.53. The number of amides is 1. The molecule has 1 amide bonds.